The Morgan fingerprint density at radius 1 is 1.50 bits per heavy atom. The Hall–Kier alpha value is -1.32. The summed E-state index contributed by atoms with van der Waals surface area (Å²) in [4.78, 5) is 18.2. The molecular formula is C12H19N3O. The molecule has 1 unspecified atom stereocenters. The second kappa shape index (κ2) is 4.68. The molecule has 88 valence electrons. The van der Waals surface area contributed by atoms with Crippen LogP contribution in [0.1, 0.15) is 38.4 Å². The summed E-state index contributed by atoms with van der Waals surface area (Å²) < 4.78 is 0. The molecule has 4 heteroatoms. The number of aryl methyl sites for hydroxylation is 1. The van der Waals surface area contributed by atoms with Crippen LogP contribution in [0.3, 0.4) is 0 Å². The molecule has 1 aromatic rings. The Labute approximate surface area is 95.5 Å². The minimum Gasteiger partial charge on any atom is -0.367 e. The van der Waals surface area contributed by atoms with E-state index in [0.717, 1.165) is 5.92 Å². The molecule has 16 heavy (non-hydrogen) atoms. The first-order valence-electron chi connectivity index (χ1n) is 5.99. The van der Waals surface area contributed by atoms with Crippen LogP contribution in [0.2, 0.25) is 0 Å². The van der Waals surface area contributed by atoms with Gasteiger partial charge in [0.25, 0.3) is 5.56 Å². The maximum absolute atomic E-state index is 11.3. The smallest absolute Gasteiger partial charge is 0.252 e. The number of nitrogens with one attached hydrogen (secondary N) is 2. The highest BCUT2D eigenvalue weighted by atomic mass is 16.1. The summed E-state index contributed by atoms with van der Waals surface area (Å²) in [6.45, 7) is 3.97. The van der Waals surface area contributed by atoms with Crippen molar-refractivity contribution in [2.24, 2.45) is 5.92 Å². The fourth-order valence-electron chi connectivity index (χ4n) is 2.46. The van der Waals surface area contributed by atoms with Gasteiger partial charge in [0.15, 0.2) is 0 Å². The van der Waals surface area contributed by atoms with Crippen molar-refractivity contribution in [2.45, 2.75) is 45.6 Å². The molecule has 1 saturated carbocycles. The molecule has 1 heterocycles. The number of anilines is 1. The van der Waals surface area contributed by atoms with E-state index >= 15 is 0 Å². The zero-order valence-electron chi connectivity index (χ0n) is 9.92. The van der Waals surface area contributed by atoms with Crippen LogP contribution in [0.25, 0.3) is 0 Å². The summed E-state index contributed by atoms with van der Waals surface area (Å²) in [5.74, 6) is 2.08. The van der Waals surface area contributed by atoms with Crippen molar-refractivity contribution >= 4 is 5.82 Å². The second-order valence-electron chi connectivity index (χ2n) is 4.69. The van der Waals surface area contributed by atoms with E-state index in [1.165, 1.54) is 31.7 Å². The highest BCUT2D eigenvalue weighted by molar-refractivity contribution is 5.34. The number of rotatable bonds is 3. The first kappa shape index (κ1) is 11.2. The van der Waals surface area contributed by atoms with Crippen LogP contribution >= 0.6 is 0 Å². The fraction of sp³-hybridized carbons (Fsp3) is 0.667. The van der Waals surface area contributed by atoms with Gasteiger partial charge < -0.3 is 10.3 Å². The van der Waals surface area contributed by atoms with Gasteiger partial charge >= 0.3 is 0 Å². The average Bonchev–Trinajstić information content (AvgIpc) is 2.68. The largest absolute Gasteiger partial charge is 0.367 e. The van der Waals surface area contributed by atoms with Crippen molar-refractivity contribution in [3.63, 3.8) is 0 Å². The first-order valence-corrected chi connectivity index (χ1v) is 5.99. The SMILES string of the molecule is Cc1nc(NC(C)C2CCCC2)cc(=O)[nH]1. The second-order valence-corrected chi connectivity index (χ2v) is 4.69. The van der Waals surface area contributed by atoms with Crippen LogP contribution in [-0.2, 0) is 0 Å². The third-order valence-corrected chi connectivity index (χ3v) is 3.34. The van der Waals surface area contributed by atoms with E-state index in [1.807, 2.05) is 0 Å². The number of nitrogens with zero attached hydrogens (tertiary/aromatic N) is 1. The minimum atomic E-state index is -0.0892. The Bertz CT molecular complexity index is 407. The highest BCUT2D eigenvalue weighted by Gasteiger charge is 2.21. The molecule has 1 fully saturated rings. The molecule has 0 aliphatic heterocycles. The van der Waals surface area contributed by atoms with Gasteiger partial charge in [0.2, 0.25) is 0 Å². The summed E-state index contributed by atoms with van der Waals surface area (Å²) in [5.41, 5.74) is -0.0892. The molecule has 0 aromatic carbocycles. The fourth-order valence-corrected chi connectivity index (χ4v) is 2.46. The number of hydrogen-bond donors (Lipinski definition) is 2. The lowest BCUT2D eigenvalue weighted by Gasteiger charge is -2.20. The quantitative estimate of drug-likeness (QED) is 0.821. The predicted molar refractivity (Wildman–Crippen MR) is 64.6 cm³/mol. The minimum absolute atomic E-state index is 0.0892. The normalized spacial score (nSPS) is 18.6. The van der Waals surface area contributed by atoms with Gasteiger partial charge in [-0.3, -0.25) is 4.79 Å². The summed E-state index contributed by atoms with van der Waals surface area (Å²) in [7, 11) is 0. The molecule has 1 aliphatic carbocycles. The summed E-state index contributed by atoms with van der Waals surface area (Å²) in [6.07, 6.45) is 5.24. The number of H-pyrrole nitrogens is 1. The number of aromatic amines is 1. The van der Waals surface area contributed by atoms with Gasteiger partial charge in [-0.15, -0.1) is 0 Å². The van der Waals surface area contributed by atoms with Crippen molar-refractivity contribution < 1.29 is 0 Å². The third-order valence-electron chi connectivity index (χ3n) is 3.34. The molecule has 4 nitrogen and oxygen atoms in total. The predicted octanol–water partition coefficient (Wildman–Crippen LogP) is 2.07. The summed E-state index contributed by atoms with van der Waals surface area (Å²) >= 11 is 0. The van der Waals surface area contributed by atoms with Gasteiger partial charge in [-0.05, 0) is 32.6 Å². The van der Waals surface area contributed by atoms with Crippen molar-refractivity contribution in [1.29, 1.82) is 0 Å². The van der Waals surface area contributed by atoms with E-state index in [2.05, 4.69) is 22.2 Å². The molecule has 1 aromatic heterocycles. The van der Waals surface area contributed by atoms with Crippen molar-refractivity contribution in [2.75, 3.05) is 5.32 Å². The third kappa shape index (κ3) is 2.62. The zero-order chi connectivity index (χ0) is 11.5. The molecule has 0 spiro atoms. The molecule has 2 rings (SSSR count). The number of hydrogen-bond acceptors (Lipinski definition) is 3. The van der Waals surface area contributed by atoms with E-state index in [1.54, 1.807) is 6.92 Å². The van der Waals surface area contributed by atoms with Gasteiger partial charge in [0.05, 0.1) is 0 Å². The molecular weight excluding hydrogens is 202 g/mol. The van der Waals surface area contributed by atoms with Crippen LogP contribution in [-0.4, -0.2) is 16.0 Å². The van der Waals surface area contributed by atoms with E-state index in [-0.39, 0.29) is 5.56 Å². The van der Waals surface area contributed by atoms with E-state index in [9.17, 15) is 4.79 Å². The highest BCUT2D eigenvalue weighted by Crippen LogP contribution is 2.28. The molecule has 1 atom stereocenters. The van der Waals surface area contributed by atoms with Gasteiger partial charge in [-0.2, -0.15) is 0 Å². The van der Waals surface area contributed by atoms with Crippen molar-refractivity contribution in [1.82, 2.24) is 9.97 Å². The standard InChI is InChI=1S/C12H19N3O/c1-8(10-5-3-4-6-10)13-11-7-12(16)15-9(2)14-11/h7-8,10H,3-6H2,1-2H3,(H2,13,14,15,16). The van der Waals surface area contributed by atoms with Crippen molar-refractivity contribution in [3.05, 3.63) is 22.2 Å². The lowest BCUT2D eigenvalue weighted by Crippen LogP contribution is -2.25. The Morgan fingerprint density at radius 2 is 2.19 bits per heavy atom. The lowest BCUT2D eigenvalue weighted by molar-refractivity contribution is 0.481. The Kier molecular flexibility index (Phi) is 3.27. The van der Waals surface area contributed by atoms with Crippen molar-refractivity contribution in [3.8, 4) is 0 Å². The lowest BCUT2D eigenvalue weighted by atomic mass is 10.00. The van der Waals surface area contributed by atoms with Crippen LogP contribution in [0.5, 0.6) is 0 Å². The van der Waals surface area contributed by atoms with Gasteiger partial charge in [0, 0.05) is 12.1 Å². The molecule has 0 bridgehead atoms. The molecule has 0 amide bonds. The van der Waals surface area contributed by atoms with Crippen LogP contribution < -0.4 is 10.9 Å². The number of aromatic nitrogens is 2. The molecule has 1 aliphatic rings. The summed E-state index contributed by atoms with van der Waals surface area (Å²) in [5, 5.41) is 3.33. The summed E-state index contributed by atoms with van der Waals surface area (Å²) in [6, 6.07) is 1.93. The monoisotopic (exact) mass is 221 g/mol. The zero-order valence-corrected chi connectivity index (χ0v) is 9.92. The Morgan fingerprint density at radius 3 is 2.81 bits per heavy atom. The van der Waals surface area contributed by atoms with E-state index in [4.69, 9.17) is 0 Å². The van der Waals surface area contributed by atoms with Crippen LogP contribution in [0.4, 0.5) is 5.82 Å². The Balaban J connectivity index is 2.05. The maximum Gasteiger partial charge on any atom is 0.252 e. The average molecular weight is 221 g/mol. The molecule has 2 N–H and O–H groups in total. The van der Waals surface area contributed by atoms with E-state index < -0.39 is 0 Å². The van der Waals surface area contributed by atoms with Crippen LogP contribution in [0.15, 0.2) is 10.9 Å². The topological polar surface area (TPSA) is 57.8 Å². The van der Waals surface area contributed by atoms with Gasteiger partial charge in [-0.25, -0.2) is 4.98 Å². The molecule has 0 saturated heterocycles. The van der Waals surface area contributed by atoms with Gasteiger partial charge in [0.1, 0.15) is 11.6 Å². The first-order chi connectivity index (χ1) is 7.65. The van der Waals surface area contributed by atoms with Gasteiger partial charge in [-0.1, -0.05) is 12.8 Å². The molecule has 0 radical (unpaired) electrons. The van der Waals surface area contributed by atoms with E-state index in [0.29, 0.717) is 17.7 Å². The van der Waals surface area contributed by atoms with Crippen LogP contribution in [0, 0.1) is 12.8 Å². The maximum atomic E-state index is 11.3.